The molecule has 2 heteroatoms. The van der Waals surface area contributed by atoms with E-state index in [2.05, 4.69) is 19.0 Å². The average molecular weight is 210 g/mol. The highest BCUT2D eigenvalue weighted by atomic mass is 15.2. The van der Waals surface area contributed by atoms with Gasteiger partial charge in [0.25, 0.3) is 0 Å². The van der Waals surface area contributed by atoms with Crippen LogP contribution in [0, 0.1) is 5.41 Å². The highest BCUT2D eigenvalue weighted by Gasteiger charge is 2.44. The monoisotopic (exact) mass is 210 g/mol. The lowest BCUT2D eigenvalue weighted by Crippen LogP contribution is -2.53. The zero-order chi connectivity index (χ0) is 10.9. The molecule has 0 unspecified atom stereocenters. The minimum absolute atomic E-state index is 0.313. The van der Waals surface area contributed by atoms with Gasteiger partial charge >= 0.3 is 0 Å². The van der Waals surface area contributed by atoms with Crippen molar-refractivity contribution in [2.75, 3.05) is 20.6 Å². The van der Waals surface area contributed by atoms with Crippen molar-refractivity contribution in [3.8, 4) is 0 Å². The van der Waals surface area contributed by atoms with Crippen molar-refractivity contribution in [1.82, 2.24) is 4.90 Å². The molecule has 2 rings (SSSR count). The molecule has 1 spiro atoms. The minimum Gasteiger partial charge on any atom is -0.329 e. The largest absolute Gasteiger partial charge is 0.329 e. The van der Waals surface area contributed by atoms with E-state index in [9.17, 15) is 0 Å². The Hall–Kier alpha value is -0.0800. The van der Waals surface area contributed by atoms with E-state index in [0.29, 0.717) is 5.54 Å². The summed E-state index contributed by atoms with van der Waals surface area (Å²) in [6, 6.07) is 0. The van der Waals surface area contributed by atoms with Crippen LogP contribution in [0.3, 0.4) is 0 Å². The Balaban J connectivity index is 2.01. The third-order valence-electron chi connectivity index (χ3n) is 5.23. The van der Waals surface area contributed by atoms with Gasteiger partial charge in [0.1, 0.15) is 0 Å². The maximum atomic E-state index is 5.98. The summed E-state index contributed by atoms with van der Waals surface area (Å²) in [5, 5.41) is 0. The molecule has 0 aromatic rings. The zero-order valence-corrected chi connectivity index (χ0v) is 10.4. The number of hydrogen-bond donors (Lipinski definition) is 1. The van der Waals surface area contributed by atoms with E-state index in [1.165, 1.54) is 51.4 Å². The van der Waals surface area contributed by atoms with Crippen LogP contribution in [-0.4, -0.2) is 31.1 Å². The molecule has 88 valence electrons. The molecular weight excluding hydrogens is 184 g/mol. The zero-order valence-electron chi connectivity index (χ0n) is 10.4. The van der Waals surface area contributed by atoms with Crippen LogP contribution in [0.2, 0.25) is 0 Å². The fourth-order valence-electron chi connectivity index (χ4n) is 3.70. The predicted octanol–water partition coefficient (Wildman–Crippen LogP) is 2.38. The second-order valence-electron chi connectivity index (χ2n) is 6.03. The minimum atomic E-state index is 0.313. The quantitative estimate of drug-likeness (QED) is 0.758. The van der Waals surface area contributed by atoms with Gasteiger partial charge in [0.05, 0.1) is 0 Å². The smallest absolute Gasteiger partial charge is 0.0326 e. The number of nitrogens with zero attached hydrogens (tertiary/aromatic N) is 1. The van der Waals surface area contributed by atoms with Gasteiger partial charge < -0.3 is 10.6 Å². The fraction of sp³-hybridized carbons (Fsp3) is 1.00. The van der Waals surface area contributed by atoms with Crippen LogP contribution in [0.15, 0.2) is 0 Å². The number of rotatable bonds is 2. The molecule has 0 heterocycles. The molecule has 2 N–H and O–H groups in total. The van der Waals surface area contributed by atoms with Gasteiger partial charge in [-0.05, 0) is 58.0 Å². The van der Waals surface area contributed by atoms with E-state index in [1.54, 1.807) is 0 Å². The molecule has 0 aromatic carbocycles. The lowest BCUT2D eigenvalue weighted by atomic mass is 9.66. The van der Waals surface area contributed by atoms with Crippen molar-refractivity contribution in [2.24, 2.45) is 11.1 Å². The molecular formula is C13H26N2. The summed E-state index contributed by atoms with van der Waals surface area (Å²) in [5.41, 5.74) is 7.03. The third kappa shape index (κ3) is 1.94. The second kappa shape index (κ2) is 4.06. The summed E-state index contributed by atoms with van der Waals surface area (Å²) in [4.78, 5) is 2.37. The number of likely N-dealkylation sites (N-methyl/N-ethyl adjacent to an activating group) is 1. The Morgan fingerprint density at radius 1 is 0.933 bits per heavy atom. The summed E-state index contributed by atoms with van der Waals surface area (Å²) in [7, 11) is 4.39. The summed E-state index contributed by atoms with van der Waals surface area (Å²) >= 11 is 0. The molecule has 2 aliphatic carbocycles. The van der Waals surface area contributed by atoms with Crippen LogP contribution in [-0.2, 0) is 0 Å². The van der Waals surface area contributed by atoms with Gasteiger partial charge in [-0.25, -0.2) is 0 Å². The molecule has 0 atom stereocenters. The summed E-state index contributed by atoms with van der Waals surface area (Å²) in [5.74, 6) is 0. The third-order valence-corrected chi connectivity index (χ3v) is 5.23. The predicted molar refractivity (Wildman–Crippen MR) is 64.8 cm³/mol. The first-order valence-corrected chi connectivity index (χ1v) is 6.50. The first-order valence-electron chi connectivity index (χ1n) is 6.50. The van der Waals surface area contributed by atoms with Crippen molar-refractivity contribution in [3.63, 3.8) is 0 Å². The molecule has 0 amide bonds. The molecule has 2 aliphatic rings. The highest BCUT2D eigenvalue weighted by Crippen LogP contribution is 2.51. The SMILES string of the molecule is CN(C)C1(CN)CCC2(CCCC2)CC1. The van der Waals surface area contributed by atoms with Gasteiger partial charge in [0.15, 0.2) is 0 Å². The van der Waals surface area contributed by atoms with Gasteiger partial charge in [-0.1, -0.05) is 12.8 Å². The molecule has 0 saturated heterocycles. The Morgan fingerprint density at radius 3 is 1.87 bits per heavy atom. The maximum Gasteiger partial charge on any atom is 0.0326 e. The van der Waals surface area contributed by atoms with Gasteiger partial charge in [-0.15, -0.1) is 0 Å². The van der Waals surface area contributed by atoms with E-state index >= 15 is 0 Å². The van der Waals surface area contributed by atoms with Crippen LogP contribution >= 0.6 is 0 Å². The average Bonchev–Trinajstić information content (AvgIpc) is 2.68. The van der Waals surface area contributed by atoms with Crippen LogP contribution < -0.4 is 5.73 Å². The van der Waals surface area contributed by atoms with E-state index in [-0.39, 0.29) is 0 Å². The Bertz CT molecular complexity index is 207. The van der Waals surface area contributed by atoms with E-state index in [4.69, 9.17) is 5.73 Å². The van der Waals surface area contributed by atoms with Crippen molar-refractivity contribution in [3.05, 3.63) is 0 Å². The van der Waals surface area contributed by atoms with E-state index < -0.39 is 0 Å². The topological polar surface area (TPSA) is 29.3 Å². The van der Waals surface area contributed by atoms with Crippen molar-refractivity contribution < 1.29 is 0 Å². The van der Waals surface area contributed by atoms with Gasteiger partial charge in [0.2, 0.25) is 0 Å². The van der Waals surface area contributed by atoms with Crippen molar-refractivity contribution >= 4 is 0 Å². The standard InChI is InChI=1S/C13H26N2/c1-15(2)13(11-14)9-7-12(8-10-13)5-3-4-6-12/h3-11,14H2,1-2H3. The van der Waals surface area contributed by atoms with Crippen molar-refractivity contribution in [2.45, 2.75) is 56.9 Å². The highest BCUT2D eigenvalue weighted by molar-refractivity contribution is 4.99. The molecule has 0 aliphatic heterocycles. The number of hydrogen-bond acceptors (Lipinski definition) is 2. The first-order chi connectivity index (χ1) is 7.13. The molecule has 2 fully saturated rings. The van der Waals surface area contributed by atoms with Crippen LogP contribution in [0.25, 0.3) is 0 Å². The van der Waals surface area contributed by atoms with E-state index in [0.717, 1.165) is 12.0 Å². The van der Waals surface area contributed by atoms with Crippen LogP contribution in [0.1, 0.15) is 51.4 Å². The van der Waals surface area contributed by atoms with Gasteiger partial charge in [0, 0.05) is 12.1 Å². The maximum absolute atomic E-state index is 5.98. The Kier molecular flexibility index (Phi) is 3.09. The molecule has 0 radical (unpaired) electrons. The lowest BCUT2D eigenvalue weighted by molar-refractivity contribution is 0.0463. The molecule has 0 aromatic heterocycles. The normalized spacial score (nSPS) is 28.8. The second-order valence-corrected chi connectivity index (χ2v) is 6.03. The van der Waals surface area contributed by atoms with Crippen LogP contribution in [0.4, 0.5) is 0 Å². The molecule has 2 saturated carbocycles. The summed E-state index contributed by atoms with van der Waals surface area (Å²) < 4.78 is 0. The van der Waals surface area contributed by atoms with Gasteiger partial charge in [-0.3, -0.25) is 0 Å². The number of nitrogens with two attached hydrogens (primary N) is 1. The summed E-state index contributed by atoms with van der Waals surface area (Å²) in [6.45, 7) is 0.829. The molecule has 0 bridgehead atoms. The summed E-state index contributed by atoms with van der Waals surface area (Å²) in [6.07, 6.45) is 11.4. The van der Waals surface area contributed by atoms with Crippen LogP contribution in [0.5, 0.6) is 0 Å². The Morgan fingerprint density at radius 2 is 1.47 bits per heavy atom. The fourth-order valence-corrected chi connectivity index (χ4v) is 3.70. The lowest BCUT2D eigenvalue weighted by Gasteiger charge is -2.48. The van der Waals surface area contributed by atoms with E-state index in [1.807, 2.05) is 0 Å². The Labute approximate surface area is 94.2 Å². The molecule has 2 nitrogen and oxygen atoms in total. The molecule has 15 heavy (non-hydrogen) atoms. The van der Waals surface area contributed by atoms with Crippen molar-refractivity contribution in [1.29, 1.82) is 0 Å². The van der Waals surface area contributed by atoms with Gasteiger partial charge in [-0.2, -0.15) is 0 Å². The first kappa shape index (κ1) is 11.4.